The molecule has 23 heavy (non-hydrogen) atoms. The lowest BCUT2D eigenvalue weighted by Gasteiger charge is -2.08. The predicted octanol–water partition coefficient (Wildman–Crippen LogP) is 2.75. The minimum absolute atomic E-state index is 0.00795. The zero-order valence-electron chi connectivity index (χ0n) is 13.1. The Kier molecular flexibility index (Phi) is 6.38. The van der Waals surface area contributed by atoms with E-state index in [9.17, 15) is 9.59 Å². The summed E-state index contributed by atoms with van der Waals surface area (Å²) in [6.45, 7) is 2.65. The molecule has 2 aromatic rings. The largest absolute Gasteiger partial charge is 0.468 e. The third kappa shape index (κ3) is 5.96. The van der Waals surface area contributed by atoms with E-state index in [2.05, 4.69) is 16.0 Å². The Morgan fingerprint density at radius 2 is 1.65 bits per heavy atom. The Labute approximate surface area is 135 Å². The Morgan fingerprint density at radius 1 is 1.00 bits per heavy atom. The summed E-state index contributed by atoms with van der Waals surface area (Å²) in [5, 5.41) is 8.58. The molecule has 0 aliphatic heterocycles. The topological polar surface area (TPSA) is 83.4 Å². The lowest BCUT2D eigenvalue weighted by molar-refractivity contribution is -0.116. The van der Waals surface area contributed by atoms with E-state index in [1.165, 1.54) is 0 Å². The van der Waals surface area contributed by atoms with Crippen LogP contribution >= 0.6 is 0 Å². The summed E-state index contributed by atoms with van der Waals surface area (Å²) in [6, 6.07) is 10.7. The van der Waals surface area contributed by atoms with Gasteiger partial charge in [0.05, 0.1) is 19.4 Å². The highest BCUT2D eigenvalue weighted by molar-refractivity contribution is 5.93. The molecule has 2 amide bonds. The van der Waals surface area contributed by atoms with Gasteiger partial charge in [-0.2, -0.15) is 0 Å². The van der Waals surface area contributed by atoms with Gasteiger partial charge >= 0.3 is 0 Å². The number of furan rings is 1. The molecule has 6 nitrogen and oxygen atoms in total. The van der Waals surface area contributed by atoms with Gasteiger partial charge in [-0.1, -0.05) is 6.92 Å². The Hall–Kier alpha value is -2.60. The Bertz CT molecular complexity index is 621. The lowest BCUT2D eigenvalue weighted by Crippen LogP contribution is -2.27. The summed E-state index contributed by atoms with van der Waals surface area (Å²) >= 11 is 0. The van der Waals surface area contributed by atoms with Crippen LogP contribution in [0, 0.1) is 0 Å². The zero-order valence-corrected chi connectivity index (χ0v) is 13.1. The number of amides is 2. The van der Waals surface area contributed by atoms with Crippen molar-refractivity contribution in [2.45, 2.75) is 26.3 Å². The number of hydrogen-bond donors (Lipinski definition) is 3. The van der Waals surface area contributed by atoms with Crippen molar-refractivity contribution in [1.82, 2.24) is 5.32 Å². The van der Waals surface area contributed by atoms with E-state index in [-0.39, 0.29) is 18.4 Å². The number of carbonyl (C=O) groups is 2. The summed E-state index contributed by atoms with van der Waals surface area (Å²) in [5.41, 5.74) is 1.40. The third-order valence-electron chi connectivity index (χ3n) is 3.09. The Balaban J connectivity index is 1.74. The van der Waals surface area contributed by atoms with Crippen LogP contribution < -0.4 is 16.0 Å². The van der Waals surface area contributed by atoms with Crippen LogP contribution in [0.25, 0.3) is 0 Å². The Morgan fingerprint density at radius 3 is 2.22 bits per heavy atom. The van der Waals surface area contributed by atoms with Crippen molar-refractivity contribution in [3.8, 4) is 0 Å². The molecular formula is C17H21N3O3. The van der Waals surface area contributed by atoms with Crippen molar-refractivity contribution < 1.29 is 14.0 Å². The standard InChI is InChI=1S/C17H21N3O3/c1-2-4-16(21)19-13-6-8-14(9-7-13)20-17(22)12-18-11-15-5-3-10-23-15/h3,5-10,18H,2,4,11-12H2,1H3,(H,19,21)(H,20,22). The molecule has 1 aromatic carbocycles. The summed E-state index contributed by atoms with van der Waals surface area (Å²) in [7, 11) is 0. The second-order valence-corrected chi connectivity index (χ2v) is 5.11. The van der Waals surface area contributed by atoms with Gasteiger partial charge in [0, 0.05) is 17.8 Å². The van der Waals surface area contributed by atoms with Gasteiger partial charge in [0.1, 0.15) is 5.76 Å². The average Bonchev–Trinajstić information content (AvgIpc) is 3.03. The van der Waals surface area contributed by atoms with Crippen LogP contribution in [0.4, 0.5) is 11.4 Å². The minimum atomic E-state index is -0.140. The molecule has 0 spiro atoms. The number of rotatable bonds is 8. The van der Waals surface area contributed by atoms with E-state index < -0.39 is 0 Å². The first-order valence-corrected chi connectivity index (χ1v) is 7.60. The molecule has 3 N–H and O–H groups in total. The molecule has 122 valence electrons. The molecule has 0 unspecified atom stereocenters. The fourth-order valence-electron chi connectivity index (χ4n) is 2.01. The molecule has 0 aliphatic rings. The van der Waals surface area contributed by atoms with E-state index in [1.54, 1.807) is 36.6 Å². The molecule has 0 radical (unpaired) electrons. The lowest BCUT2D eigenvalue weighted by atomic mass is 10.2. The van der Waals surface area contributed by atoms with Crippen LogP contribution in [0.3, 0.4) is 0 Å². The van der Waals surface area contributed by atoms with Crippen molar-refractivity contribution in [3.05, 3.63) is 48.4 Å². The highest BCUT2D eigenvalue weighted by Gasteiger charge is 2.04. The zero-order chi connectivity index (χ0) is 16.5. The first-order valence-electron chi connectivity index (χ1n) is 7.60. The molecule has 0 saturated heterocycles. The van der Waals surface area contributed by atoms with Crippen molar-refractivity contribution >= 4 is 23.2 Å². The van der Waals surface area contributed by atoms with Crippen LogP contribution in [-0.2, 0) is 16.1 Å². The summed E-state index contributed by atoms with van der Waals surface area (Å²) < 4.78 is 5.17. The van der Waals surface area contributed by atoms with Gasteiger partial charge in [-0.25, -0.2) is 0 Å². The average molecular weight is 315 g/mol. The van der Waals surface area contributed by atoms with Crippen molar-refractivity contribution in [1.29, 1.82) is 0 Å². The van der Waals surface area contributed by atoms with Gasteiger partial charge in [-0.3, -0.25) is 9.59 Å². The molecule has 1 aromatic heterocycles. The summed E-state index contributed by atoms with van der Waals surface area (Å²) in [5.74, 6) is 0.635. The van der Waals surface area contributed by atoms with Gasteiger partial charge in [0.15, 0.2) is 0 Å². The van der Waals surface area contributed by atoms with Crippen molar-refractivity contribution in [2.75, 3.05) is 17.2 Å². The quantitative estimate of drug-likeness (QED) is 0.699. The molecular weight excluding hydrogens is 294 g/mol. The molecule has 0 saturated carbocycles. The van der Waals surface area contributed by atoms with Gasteiger partial charge in [-0.15, -0.1) is 0 Å². The van der Waals surface area contributed by atoms with Gasteiger partial charge < -0.3 is 20.4 Å². The van der Waals surface area contributed by atoms with E-state index in [0.29, 0.717) is 18.7 Å². The van der Waals surface area contributed by atoms with Crippen LogP contribution in [0.5, 0.6) is 0 Å². The van der Waals surface area contributed by atoms with Crippen LogP contribution in [0.2, 0.25) is 0 Å². The first-order chi connectivity index (χ1) is 11.2. The number of nitrogens with one attached hydrogen (secondary N) is 3. The first kappa shape index (κ1) is 16.8. The number of hydrogen-bond acceptors (Lipinski definition) is 4. The molecule has 0 aliphatic carbocycles. The van der Waals surface area contributed by atoms with E-state index in [4.69, 9.17) is 4.42 Å². The monoisotopic (exact) mass is 315 g/mol. The maximum absolute atomic E-state index is 11.8. The van der Waals surface area contributed by atoms with Crippen LogP contribution in [0.15, 0.2) is 47.1 Å². The second kappa shape index (κ2) is 8.75. The molecule has 1 heterocycles. The molecule has 2 rings (SSSR count). The maximum Gasteiger partial charge on any atom is 0.238 e. The van der Waals surface area contributed by atoms with E-state index in [0.717, 1.165) is 17.9 Å². The summed E-state index contributed by atoms with van der Waals surface area (Å²) in [4.78, 5) is 23.3. The van der Waals surface area contributed by atoms with E-state index >= 15 is 0 Å². The maximum atomic E-state index is 11.8. The molecule has 0 fully saturated rings. The highest BCUT2D eigenvalue weighted by Crippen LogP contribution is 2.13. The van der Waals surface area contributed by atoms with E-state index in [1.807, 2.05) is 13.0 Å². The van der Waals surface area contributed by atoms with Gasteiger partial charge in [0.25, 0.3) is 0 Å². The normalized spacial score (nSPS) is 10.3. The highest BCUT2D eigenvalue weighted by atomic mass is 16.3. The SMILES string of the molecule is CCCC(=O)Nc1ccc(NC(=O)CNCc2ccco2)cc1. The third-order valence-corrected chi connectivity index (χ3v) is 3.09. The predicted molar refractivity (Wildman–Crippen MR) is 89.0 cm³/mol. The van der Waals surface area contributed by atoms with Gasteiger partial charge in [0.2, 0.25) is 11.8 Å². The minimum Gasteiger partial charge on any atom is -0.468 e. The number of carbonyl (C=O) groups excluding carboxylic acids is 2. The van der Waals surface area contributed by atoms with Gasteiger partial charge in [-0.05, 0) is 42.8 Å². The summed E-state index contributed by atoms with van der Waals surface area (Å²) in [6.07, 6.45) is 2.91. The number of anilines is 2. The molecule has 0 bridgehead atoms. The van der Waals surface area contributed by atoms with Crippen LogP contribution in [0.1, 0.15) is 25.5 Å². The molecule has 0 atom stereocenters. The number of benzene rings is 1. The second-order valence-electron chi connectivity index (χ2n) is 5.11. The smallest absolute Gasteiger partial charge is 0.238 e. The fraction of sp³-hybridized carbons (Fsp3) is 0.294. The van der Waals surface area contributed by atoms with Crippen molar-refractivity contribution in [3.63, 3.8) is 0 Å². The fourth-order valence-corrected chi connectivity index (χ4v) is 2.01. The molecule has 6 heteroatoms. The van der Waals surface area contributed by atoms with Crippen LogP contribution in [-0.4, -0.2) is 18.4 Å². The van der Waals surface area contributed by atoms with Crippen molar-refractivity contribution in [2.24, 2.45) is 0 Å².